The normalized spacial score (nSPS) is 28.7. The number of hydrogen-bond acceptors (Lipinski definition) is 4. The number of ether oxygens (including phenoxy) is 2. The van der Waals surface area contributed by atoms with Gasteiger partial charge in [0.05, 0.1) is 19.1 Å². The van der Waals surface area contributed by atoms with Crippen molar-refractivity contribution in [2.45, 2.75) is 38.2 Å². The van der Waals surface area contributed by atoms with Crippen molar-refractivity contribution in [2.75, 3.05) is 6.61 Å². The molecule has 1 aliphatic heterocycles. The minimum absolute atomic E-state index is 0.0931. The molecule has 3 N–H and O–H groups in total. The number of aliphatic carboxylic acids is 1. The van der Waals surface area contributed by atoms with Crippen molar-refractivity contribution in [3.63, 3.8) is 0 Å². The molecule has 0 aliphatic carbocycles. The molecule has 0 amide bonds. The fourth-order valence-electron chi connectivity index (χ4n) is 1.26. The minimum Gasteiger partial charge on any atom is -0.481 e. The fourth-order valence-corrected chi connectivity index (χ4v) is 1.26. The van der Waals surface area contributed by atoms with Crippen molar-refractivity contribution in [1.82, 2.24) is 0 Å². The van der Waals surface area contributed by atoms with E-state index in [0.717, 1.165) is 0 Å². The second kappa shape index (κ2) is 3.61. The molecule has 1 rings (SSSR count). The number of carboxylic acid groups (broad SMARTS) is 1. The van der Waals surface area contributed by atoms with Gasteiger partial charge >= 0.3 is 5.97 Å². The zero-order chi connectivity index (χ0) is 10.1. The monoisotopic (exact) mass is 189 g/mol. The molecule has 0 radical (unpaired) electrons. The van der Waals surface area contributed by atoms with E-state index in [1.54, 1.807) is 13.8 Å². The number of nitrogens with two attached hydrogens (primary N) is 1. The standard InChI is InChI=1S/C8H15NO4/c1-8(2)12-4-6(13-8)5(9)3-7(10)11/h5-6H,3-4,9H2,1-2H3,(H,10,11). The zero-order valence-corrected chi connectivity index (χ0v) is 7.82. The van der Waals surface area contributed by atoms with Gasteiger partial charge in [-0.05, 0) is 13.8 Å². The largest absolute Gasteiger partial charge is 0.481 e. The summed E-state index contributed by atoms with van der Waals surface area (Å²) in [4.78, 5) is 10.4. The Kier molecular flexibility index (Phi) is 2.90. The lowest BCUT2D eigenvalue weighted by Gasteiger charge is -2.19. The van der Waals surface area contributed by atoms with Gasteiger partial charge in [0.1, 0.15) is 0 Å². The highest BCUT2D eigenvalue weighted by atomic mass is 16.7. The Morgan fingerprint density at radius 2 is 2.38 bits per heavy atom. The van der Waals surface area contributed by atoms with Crippen LogP contribution in [0, 0.1) is 0 Å². The van der Waals surface area contributed by atoms with Gasteiger partial charge < -0.3 is 20.3 Å². The quantitative estimate of drug-likeness (QED) is 0.650. The van der Waals surface area contributed by atoms with Crippen LogP contribution in [-0.4, -0.2) is 35.6 Å². The van der Waals surface area contributed by atoms with Crippen molar-refractivity contribution >= 4 is 5.97 Å². The van der Waals surface area contributed by atoms with Crippen LogP contribution in [0.2, 0.25) is 0 Å². The zero-order valence-electron chi connectivity index (χ0n) is 7.82. The summed E-state index contributed by atoms with van der Waals surface area (Å²) < 4.78 is 10.7. The van der Waals surface area contributed by atoms with E-state index in [1.807, 2.05) is 0 Å². The summed E-state index contributed by atoms with van der Waals surface area (Å²) >= 11 is 0. The van der Waals surface area contributed by atoms with Gasteiger partial charge in [0.25, 0.3) is 0 Å². The predicted molar refractivity (Wildman–Crippen MR) is 45.1 cm³/mol. The number of hydrogen-bond donors (Lipinski definition) is 2. The first kappa shape index (κ1) is 10.4. The van der Waals surface area contributed by atoms with E-state index in [0.29, 0.717) is 6.61 Å². The van der Waals surface area contributed by atoms with Crippen molar-refractivity contribution in [2.24, 2.45) is 5.73 Å². The van der Waals surface area contributed by atoms with Crippen molar-refractivity contribution in [3.8, 4) is 0 Å². The van der Waals surface area contributed by atoms with Crippen LogP contribution in [0.15, 0.2) is 0 Å². The van der Waals surface area contributed by atoms with E-state index in [4.69, 9.17) is 20.3 Å². The van der Waals surface area contributed by atoms with Crippen LogP contribution in [0.3, 0.4) is 0 Å². The molecule has 5 heteroatoms. The molecule has 76 valence electrons. The predicted octanol–water partition coefficient (Wildman–Crippen LogP) is -0.0601. The topological polar surface area (TPSA) is 81.8 Å². The molecule has 0 aromatic heterocycles. The Balaban J connectivity index is 2.42. The van der Waals surface area contributed by atoms with Gasteiger partial charge in [-0.3, -0.25) is 4.79 Å². The van der Waals surface area contributed by atoms with E-state index in [9.17, 15) is 4.79 Å². The molecule has 1 heterocycles. The third kappa shape index (κ3) is 2.95. The van der Waals surface area contributed by atoms with E-state index < -0.39 is 17.8 Å². The van der Waals surface area contributed by atoms with Crippen LogP contribution in [0.25, 0.3) is 0 Å². The van der Waals surface area contributed by atoms with Crippen LogP contribution in [0.4, 0.5) is 0 Å². The molecular weight excluding hydrogens is 174 g/mol. The van der Waals surface area contributed by atoms with Crippen LogP contribution in [-0.2, 0) is 14.3 Å². The summed E-state index contributed by atoms with van der Waals surface area (Å²) in [5, 5.41) is 8.50. The van der Waals surface area contributed by atoms with E-state index in [1.165, 1.54) is 0 Å². The molecule has 13 heavy (non-hydrogen) atoms. The third-order valence-corrected chi connectivity index (χ3v) is 1.92. The second-order valence-electron chi connectivity index (χ2n) is 3.63. The maximum absolute atomic E-state index is 10.4. The maximum Gasteiger partial charge on any atom is 0.305 e. The van der Waals surface area contributed by atoms with Gasteiger partial charge in [-0.2, -0.15) is 0 Å². The SMILES string of the molecule is CC1(C)OCC(C(N)CC(=O)O)O1. The molecule has 0 aromatic carbocycles. The Labute approximate surface area is 76.8 Å². The van der Waals surface area contributed by atoms with Gasteiger partial charge in [-0.1, -0.05) is 0 Å². The lowest BCUT2D eigenvalue weighted by atomic mass is 10.1. The Hall–Kier alpha value is -0.650. The lowest BCUT2D eigenvalue weighted by Crippen LogP contribution is -2.39. The van der Waals surface area contributed by atoms with Crippen molar-refractivity contribution in [3.05, 3.63) is 0 Å². The maximum atomic E-state index is 10.4. The molecule has 0 saturated carbocycles. The summed E-state index contributed by atoms with van der Waals surface area (Å²) in [6.07, 6.45) is -0.407. The average Bonchev–Trinajstić information content (AvgIpc) is 2.28. The first-order chi connectivity index (χ1) is 5.91. The summed E-state index contributed by atoms with van der Waals surface area (Å²) in [6.45, 7) is 3.92. The van der Waals surface area contributed by atoms with E-state index in [2.05, 4.69) is 0 Å². The Morgan fingerprint density at radius 3 is 2.77 bits per heavy atom. The summed E-state index contributed by atoms with van der Waals surface area (Å²) in [5.41, 5.74) is 5.62. The summed E-state index contributed by atoms with van der Waals surface area (Å²) in [6, 6.07) is -0.501. The lowest BCUT2D eigenvalue weighted by molar-refractivity contribution is -0.146. The van der Waals surface area contributed by atoms with E-state index in [-0.39, 0.29) is 12.5 Å². The van der Waals surface area contributed by atoms with Crippen LogP contribution in [0.5, 0.6) is 0 Å². The molecular formula is C8H15NO4. The van der Waals surface area contributed by atoms with Crippen LogP contribution >= 0.6 is 0 Å². The molecule has 0 spiro atoms. The molecule has 2 unspecified atom stereocenters. The molecule has 5 nitrogen and oxygen atoms in total. The number of rotatable bonds is 3. The van der Waals surface area contributed by atoms with Crippen molar-refractivity contribution < 1.29 is 19.4 Å². The third-order valence-electron chi connectivity index (χ3n) is 1.92. The molecule has 1 fully saturated rings. The Morgan fingerprint density at radius 1 is 1.77 bits per heavy atom. The number of carboxylic acids is 1. The first-order valence-electron chi connectivity index (χ1n) is 4.20. The molecule has 1 saturated heterocycles. The summed E-state index contributed by atoms with van der Waals surface area (Å²) in [7, 11) is 0. The Bertz CT molecular complexity index is 204. The second-order valence-corrected chi connectivity index (χ2v) is 3.63. The number of carbonyl (C=O) groups is 1. The minimum atomic E-state index is -0.916. The van der Waals surface area contributed by atoms with Gasteiger partial charge in [-0.25, -0.2) is 0 Å². The van der Waals surface area contributed by atoms with Gasteiger partial charge in [-0.15, -0.1) is 0 Å². The van der Waals surface area contributed by atoms with Gasteiger partial charge in [0, 0.05) is 6.04 Å². The highest BCUT2D eigenvalue weighted by Gasteiger charge is 2.36. The average molecular weight is 189 g/mol. The summed E-state index contributed by atoms with van der Waals surface area (Å²) in [5.74, 6) is -1.55. The smallest absolute Gasteiger partial charge is 0.305 e. The molecule has 2 atom stereocenters. The fraction of sp³-hybridized carbons (Fsp3) is 0.875. The molecule has 0 aromatic rings. The van der Waals surface area contributed by atoms with E-state index >= 15 is 0 Å². The van der Waals surface area contributed by atoms with Gasteiger partial charge in [0.15, 0.2) is 5.79 Å². The highest BCUT2D eigenvalue weighted by molar-refractivity contribution is 5.67. The van der Waals surface area contributed by atoms with Crippen molar-refractivity contribution in [1.29, 1.82) is 0 Å². The first-order valence-corrected chi connectivity index (χ1v) is 4.20. The van der Waals surface area contributed by atoms with Gasteiger partial charge in [0.2, 0.25) is 0 Å². The highest BCUT2D eigenvalue weighted by Crippen LogP contribution is 2.24. The molecule has 1 aliphatic rings. The van der Waals surface area contributed by atoms with Crippen LogP contribution < -0.4 is 5.73 Å². The molecule has 0 bridgehead atoms. The van der Waals surface area contributed by atoms with Crippen LogP contribution in [0.1, 0.15) is 20.3 Å².